The van der Waals surface area contributed by atoms with E-state index < -0.39 is 0 Å². The summed E-state index contributed by atoms with van der Waals surface area (Å²) in [6.07, 6.45) is 40.3. The van der Waals surface area contributed by atoms with Crippen molar-refractivity contribution < 1.29 is 19.3 Å². The van der Waals surface area contributed by atoms with E-state index in [-0.39, 0.29) is 5.75 Å². The predicted molar refractivity (Wildman–Crippen MR) is 260 cm³/mol. The molecular formula is C55H86O4. The maximum Gasteiger partial charge on any atom is 0.207 e. The Morgan fingerprint density at radius 2 is 0.627 bits per heavy atom. The summed E-state index contributed by atoms with van der Waals surface area (Å²) in [4.78, 5) is 0. The molecule has 1 N–H and O–H groups in total. The molecule has 0 atom stereocenters. The minimum atomic E-state index is 0.0972. The van der Waals surface area contributed by atoms with Gasteiger partial charge in [0.1, 0.15) is 0 Å². The topological polar surface area (TPSA) is 47.9 Å². The van der Waals surface area contributed by atoms with Crippen molar-refractivity contribution in [3.63, 3.8) is 0 Å². The van der Waals surface area contributed by atoms with E-state index in [1.165, 1.54) is 76.5 Å². The number of phenolic OH excluding ortho intramolecular Hbond substituents is 1. The van der Waals surface area contributed by atoms with Crippen LogP contribution in [0, 0.1) is 6.92 Å². The van der Waals surface area contributed by atoms with Crippen molar-refractivity contribution in [2.24, 2.45) is 0 Å². The van der Waals surface area contributed by atoms with E-state index in [1.807, 2.05) is 6.92 Å². The van der Waals surface area contributed by atoms with Crippen LogP contribution in [0.15, 0.2) is 105 Å². The second kappa shape index (κ2) is 31.0. The van der Waals surface area contributed by atoms with Gasteiger partial charge in [0.15, 0.2) is 11.5 Å². The monoisotopic (exact) mass is 811 g/mol. The molecule has 0 aromatic heterocycles. The van der Waals surface area contributed by atoms with Crippen LogP contribution in [0.25, 0.3) is 0 Å². The summed E-state index contributed by atoms with van der Waals surface area (Å²) in [5, 5.41) is 10.7. The predicted octanol–water partition coefficient (Wildman–Crippen LogP) is 17.0. The Morgan fingerprint density at radius 3 is 0.881 bits per heavy atom. The second-order valence-electron chi connectivity index (χ2n) is 17.3. The van der Waals surface area contributed by atoms with Crippen LogP contribution in [0.1, 0.15) is 183 Å². The van der Waals surface area contributed by atoms with E-state index in [1.54, 1.807) is 14.2 Å². The highest BCUT2D eigenvalue weighted by Gasteiger charge is 2.23. The molecule has 0 fully saturated rings. The van der Waals surface area contributed by atoms with Gasteiger partial charge in [-0.25, -0.2) is 0 Å². The average Bonchev–Trinajstić information content (AvgIpc) is 3.18. The lowest BCUT2D eigenvalue weighted by Gasteiger charge is -2.19. The third-order valence-electron chi connectivity index (χ3n) is 11.3. The van der Waals surface area contributed by atoms with E-state index in [4.69, 9.17) is 14.2 Å². The van der Waals surface area contributed by atoms with Crippen LogP contribution in [0.5, 0.6) is 23.0 Å². The molecule has 0 saturated carbocycles. The molecule has 0 spiro atoms. The van der Waals surface area contributed by atoms with Gasteiger partial charge in [0.05, 0.1) is 21.3 Å². The maximum absolute atomic E-state index is 10.7. The van der Waals surface area contributed by atoms with Crippen molar-refractivity contribution in [3.05, 3.63) is 116 Å². The fourth-order valence-electron chi connectivity index (χ4n) is 7.17. The summed E-state index contributed by atoms with van der Waals surface area (Å²) in [5.74, 6) is 1.43. The number of hydrogen-bond donors (Lipinski definition) is 1. The first-order valence-corrected chi connectivity index (χ1v) is 22.5. The van der Waals surface area contributed by atoms with Gasteiger partial charge in [0.2, 0.25) is 11.5 Å². The second-order valence-corrected chi connectivity index (χ2v) is 17.3. The van der Waals surface area contributed by atoms with E-state index >= 15 is 0 Å². The fraction of sp³-hybridized carbons (Fsp3) is 0.564. The molecule has 0 heterocycles. The van der Waals surface area contributed by atoms with Crippen molar-refractivity contribution in [1.82, 2.24) is 0 Å². The molecule has 0 unspecified atom stereocenters. The van der Waals surface area contributed by atoms with Crippen molar-refractivity contribution in [3.8, 4) is 23.0 Å². The first-order chi connectivity index (χ1) is 28.1. The van der Waals surface area contributed by atoms with Gasteiger partial charge >= 0.3 is 0 Å². The summed E-state index contributed by atoms with van der Waals surface area (Å²) in [5.41, 5.74) is 14.9. The molecule has 1 rings (SSSR count). The number of phenols is 1. The smallest absolute Gasteiger partial charge is 0.207 e. The minimum Gasteiger partial charge on any atom is -0.504 e. The van der Waals surface area contributed by atoms with Crippen LogP contribution < -0.4 is 14.2 Å². The summed E-state index contributed by atoms with van der Waals surface area (Å²) in [6, 6.07) is 0. The van der Waals surface area contributed by atoms with Crippen molar-refractivity contribution in [2.75, 3.05) is 21.3 Å². The SMILES string of the molecule is COc1c(O)c(C)c(C/C=C(\C)CC/C=C(\C)CC/C=C(\C)CC/C=C(\C)CCC=C(C)CC/C=C(\C)CC/C=C(\C)CC/C=C(\C)CCC=C(C)C)c(OC)c1OC. The molecule has 0 aliphatic rings. The van der Waals surface area contributed by atoms with Gasteiger partial charge in [0, 0.05) is 11.1 Å². The molecule has 0 aliphatic heterocycles. The fourth-order valence-corrected chi connectivity index (χ4v) is 7.17. The lowest BCUT2D eigenvalue weighted by molar-refractivity contribution is 0.307. The number of ether oxygens (including phenoxy) is 3. The highest BCUT2D eigenvalue weighted by molar-refractivity contribution is 5.66. The minimum absolute atomic E-state index is 0.0972. The normalized spacial score (nSPS) is 13.9. The number of allylic oxidation sites excluding steroid dienone is 18. The number of hydrogen-bond acceptors (Lipinski definition) is 4. The summed E-state index contributed by atoms with van der Waals surface area (Å²) < 4.78 is 16.6. The Hall–Kier alpha value is -3.92. The summed E-state index contributed by atoms with van der Waals surface area (Å²) >= 11 is 0. The first-order valence-electron chi connectivity index (χ1n) is 22.5. The number of rotatable bonds is 29. The third kappa shape index (κ3) is 23.5. The molecule has 0 amide bonds. The molecular weight excluding hydrogens is 725 g/mol. The van der Waals surface area contributed by atoms with Gasteiger partial charge in [-0.05, 0) is 185 Å². The zero-order chi connectivity index (χ0) is 44.2. The van der Waals surface area contributed by atoms with E-state index in [2.05, 4.69) is 124 Å². The van der Waals surface area contributed by atoms with Gasteiger partial charge in [0.25, 0.3) is 0 Å². The van der Waals surface area contributed by atoms with E-state index in [9.17, 15) is 5.11 Å². The first kappa shape index (κ1) is 53.1. The van der Waals surface area contributed by atoms with Gasteiger partial charge in [-0.15, -0.1) is 0 Å². The number of aromatic hydroxyl groups is 1. The molecule has 59 heavy (non-hydrogen) atoms. The molecule has 0 saturated heterocycles. The zero-order valence-electron chi connectivity index (χ0n) is 40.4. The standard InChI is InChI=1S/C55H86O4/c1-41(2)23-15-24-42(3)25-16-26-43(4)27-17-28-44(5)29-18-30-45(6)31-19-32-46(7)33-20-34-47(8)35-21-36-48(9)37-22-38-49(10)39-40-51-50(11)52(56)54(58-13)55(59-14)53(51)57-12/h23,25,27,29,31,33,35,37,39,56H,15-22,24,26,28,30,32,34,36,38,40H2,1-14H3/b42-25+,43-27+,44-29+,45-31?,46-33+,47-35+,48-37+,49-39+. The van der Waals surface area contributed by atoms with Crippen LogP contribution >= 0.6 is 0 Å². The molecule has 330 valence electrons. The highest BCUT2D eigenvalue weighted by Crippen LogP contribution is 2.49. The van der Waals surface area contributed by atoms with Gasteiger partial charge < -0.3 is 19.3 Å². The molecule has 0 aliphatic carbocycles. The van der Waals surface area contributed by atoms with Gasteiger partial charge in [-0.3, -0.25) is 0 Å². The molecule has 0 bridgehead atoms. The Kier molecular flexibility index (Phi) is 27.9. The van der Waals surface area contributed by atoms with Crippen LogP contribution in [-0.4, -0.2) is 26.4 Å². The van der Waals surface area contributed by atoms with Crippen molar-refractivity contribution in [2.45, 2.75) is 185 Å². The number of methoxy groups -OCH3 is 3. The quantitative estimate of drug-likeness (QED) is 0.0819. The summed E-state index contributed by atoms with van der Waals surface area (Å²) in [7, 11) is 4.70. The molecule has 4 heteroatoms. The van der Waals surface area contributed by atoms with Crippen LogP contribution in [0.3, 0.4) is 0 Å². The Labute approximate surface area is 363 Å². The van der Waals surface area contributed by atoms with Gasteiger partial charge in [-0.2, -0.15) is 0 Å². The molecule has 4 nitrogen and oxygen atoms in total. The maximum atomic E-state index is 10.7. The van der Waals surface area contributed by atoms with Crippen LogP contribution in [0.2, 0.25) is 0 Å². The lowest BCUT2D eigenvalue weighted by Crippen LogP contribution is -2.02. The molecule has 1 aromatic carbocycles. The largest absolute Gasteiger partial charge is 0.504 e. The average molecular weight is 811 g/mol. The van der Waals surface area contributed by atoms with Crippen LogP contribution in [-0.2, 0) is 6.42 Å². The number of benzene rings is 1. The third-order valence-corrected chi connectivity index (χ3v) is 11.3. The van der Waals surface area contributed by atoms with E-state index in [0.717, 1.165) is 94.6 Å². The zero-order valence-corrected chi connectivity index (χ0v) is 40.4. The van der Waals surface area contributed by atoms with E-state index in [0.29, 0.717) is 23.7 Å². The van der Waals surface area contributed by atoms with Crippen molar-refractivity contribution >= 4 is 0 Å². The Morgan fingerprint density at radius 1 is 0.373 bits per heavy atom. The highest BCUT2D eigenvalue weighted by atomic mass is 16.5. The molecule has 1 aromatic rings. The van der Waals surface area contributed by atoms with Crippen LogP contribution in [0.4, 0.5) is 0 Å². The Bertz CT molecular complexity index is 1690. The molecule has 0 radical (unpaired) electrons. The Balaban J connectivity index is 2.36. The lowest BCUT2D eigenvalue weighted by atomic mass is 9.99. The van der Waals surface area contributed by atoms with Gasteiger partial charge in [-0.1, -0.05) is 105 Å². The summed E-state index contributed by atoms with van der Waals surface area (Å²) in [6.45, 7) is 24.4. The van der Waals surface area contributed by atoms with Crippen molar-refractivity contribution in [1.29, 1.82) is 0 Å².